The fourth-order valence-corrected chi connectivity index (χ4v) is 2.80. The Morgan fingerprint density at radius 1 is 1.04 bits per heavy atom. The van der Waals surface area contributed by atoms with Crippen molar-refractivity contribution in [3.05, 3.63) is 65.7 Å². The standard InChI is InChI=1S/C19H21N3O2/c1-14-13-20-11-12-22(14)19(24)16-7-9-17(10-8-16)21-18(23)15-5-3-2-4-6-15/h2-10,14,20H,11-13H2,1H3,(H,21,23)/t14-/m0/s1. The Labute approximate surface area is 141 Å². The molecule has 1 fully saturated rings. The molecule has 0 bridgehead atoms. The van der Waals surface area contributed by atoms with Crippen LogP contribution in [0.4, 0.5) is 5.69 Å². The molecule has 0 unspecified atom stereocenters. The Balaban J connectivity index is 1.67. The minimum absolute atomic E-state index is 0.0323. The van der Waals surface area contributed by atoms with Crippen molar-refractivity contribution in [2.24, 2.45) is 0 Å². The maximum Gasteiger partial charge on any atom is 0.255 e. The molecule has 2 aromatic rings. The molecule has 5 heteroatoms. The van der Waals surface area contributed by atoms with Crippen LogP contribution in [-0.2, 0) is 0 Å². The molecule has 0 spiro atoms. The molecule has 1 aliphatic rings. The Hall–Kier alpha value is -2.66. The lowest BCUT2D eigenvalue weighted by Crippen LogP contribution is -2.52. The van der Waals surface area contributed by atoms with Crippen LogP contribution in [0.25, 0.3) is 0 Å². The van der Waals surface area contributed by atoms with Gasteiger partial charge in [0.25, 0.3) is 11.8 Å². The third kappa shape index (κ3) is 3.63. The second kappa shape index (κ2) is 7.27. The van der Waals surface area contributed by atoms with E-state index < -0.39 is 0 Å². The molecule has 0 aromatic heterocycles. The first-order valence-corrected chi connectivity index (χ1v) is 8.13. The minimum Gasteiger partial charge on any atom is -0.333 e. The third-order valence-electron chi connectivity index (χ3n) is 4.19. The first-order chi connectivity index (χ1) is 11.6. The average Bonchev–Trinajstić information content (AvgIpc) is 2.63. The number of amides is 2. The monoisotopic (exact) mass is 323 g/mol. The third-order valence-corrected chi connectivity index (χ3v) is 4.19. The van der Waals surface area contributed by atoms with Gasteiger partial charge in [-0.05, 0) is 43.3 Å². The van der Waals surface area contributed by atoms with Crippen molar-refractivity contribution in [3.8, 4) is 0 Å². The van der Waals surface area contributed by atoms with Crippen molar-refractivity contribution in [1.82, 2.24) is 10.2 Å². The van der Waals surface area contributed by atoms with E-state index in [0.717, 1.165) is 13.1 Å². The van der Waals surface area contributed by atoms with Gasteiger partial charge in [-0.25, -0.2) is 0 Å². The van der Waals surface area contributed by atoms with Crippen LogP contribution in [0, 0.1) is 0 Å². The maximum atomic E-state index is 12.6. The van der Waals surface area contributed by atoms with Crippen LogP contribution in [0.1, 0.15) is 27.6 Å². The van der Waals surface area contributed by atoms with E-state index in [2.05, 4.69) is 10.6 Å². The number of carbonyl (C=O) groups is 2. The zero-order valence-corrected chi connectivity index (χ0v) is 13.7. The Morgan fingerprint density at radius 3 is 2.42 bits per heavy atom. The largest absolute Gasteiger partial charge is 0.333 e. The van der Waals surface area contributed by atoms with Gasteiger partial charge < -0.3 is 15.5 Å². The van der Waals surface area contributed by atoms with E-state index in [9.17, 15) is 9.59 Å². The first kappa shape index (κ1) is 16.2. The number of benzene rings is 2. The highest BCUT2D eigenvalue weighted by atomic mass is 16.2. The molecule has 1 saturated heterocycles. The normalized spacial score (nSPS) is 17.4. The second-order valence-electron chi connectivity index (χ2n) is 5.95. The SMILES string of the molecule is C[C@H]1CNCCN1C(=O)c1ccc(NC(=O)c2ccccc2)cc1. The molecular formula is C19H21N3O2. The van der Waals surface area contributed by atoms with Crippen LogP contribution in [0.2, 0.25) is 0 Å². The number of hydrogen-bond donors (Lipinski definition) is 2. The van der Waals surface area contributed by atoms with Gasteiger partial charge in [-0.3, -0.25) is 9.59 Å². The van der Waals surface area contributed by atoms with Gasteiger partial charge in [-0.2, -0.15) is 0 Å². The van der Waals surface area contributed by atoms with Gasteiger partial charge in [0.1, 0.15) is 0 Å². The summed E-state index contributed by atoms with van der Waals surface area (Å²) in [5, 5.41) is 6.11. The summed E-state index contributed by atoms with van der Waals surface area (Å²) in [6, 6.07) is 16.3. The lowest BCUT2D eigenvalue weighted by Gasteiger charge is -2.34. The lowest BCUT2D eigenvalue weighted by molar-refractivity contribution is 0.0655. The molecule has 5 nitrogen and oxygen atoms in total. The van der Waals surface area contributed by atoms with Crippen molar-refractivity contribution in [2.75, 3.05) is 25.0 Å². The molecule has 124 valence electrons. The molecular weight excluding hydrogens is 302 g/mol. The number of hydrogen-bond acceptors (Lipinski definition) is 3. The van der Waals surface area contributed by atoms with Crippen molar-refractivity contribution in [3.63, 3.8) is 0 Å². The maximum absolute atomic E-state index is 12.6. The van der Waals surface area contributed by atoms with Gasteiger partial charge >= 0.3 is 0 Å². The average molecular weight is 323 g/mol. The van der Waals surface area contributed by atoms with Crippen molar-refractivity contribution in [1.29, 1.82) is 0 Å². The number of carbonyl (C=O) groups excluding carboxylic acids is 2. The smallest absolute Gasteiger partial charge is 0.255 e. The first-order valence-electron chi connectivity index (χ1n) is 8.13. The zero-order chi connectivity index (χ0) is 16.9. The van der Waals surface area contributed by atoms with Crippen LogP contribution >= 0.6 is 0 Å². The molecule has 2 amide bonds. The molecule has 1 aliphatic heterocycles. The highest BCUT2D eigenvalue weighted by molar-refractivity contribution is 6.04. The predicted octanol–water partition coefficient (Wildman–Crippen LogP) is 2.37. The van der Waals surface area contributed by atoms with E-state index in [1.165, 1.54) is 0 Å². The molecule has 3 rings (SSSR count). The number of anilines is 1. The summed E-state index contributed by atoms with van der Waals surface area (Å²) < 4.78 is 0. The Bertz CT molecular complexity index is 713. The number of nitrogens with one attached hydrogen (secondary N) is 2. The van der Waals surface area contributed by atoms with Gasteiger partial charge in [-0.15, -0.1) is 0 Å². The number of piperazine rings is 1. The highest BCUT2D eigenvalue weighted by Crippen LogP contribution is 2.15. The van der Waals surface area contributed by atoms with Gasteiger partial charge in [0.15, 0.2) is 0 Å². The molecule has 2 aromatic carbocycles. The molecule has 1 heterocycles. The fourth-order valence-electron chi connectivity index (χ4n) is 2.80. The van der Waals surface area contributed by atoms with Gasteiger partial charge in [-0.1, -0.05) is 18.2 Å². The second-order valence-corrected chi connectivity index (χ2v) is 5.95. The van der Waals surface area contributed by atoms with Crippen LogP contribution in [-0.4, -0.2) is 42.4 Å². The minimum atomic E-state index is -0.162. The van der Waals surface area contributed by atoms with Crippen molar-refractivity contribution >= 4 is 17.5 Å². The van der Waals surface area contributed by atoms with Crippen LogP contribution in [0.5, 0.6) is 0 Å². The Kier molecular flexibility index (Phi) is 4.91. The molecule has 2 N–H and O–H groups in total. The van der Waals surface area contributed by atoms with E-state index in [1.807, 2.05) is 30.0 Å². The highest BCUT2D eigenvalue weighted by Gasteiger charge is 2.23. The molecule has 1 atom stereocenters. The quantitative estimate of drug-likeness (QED) is 0.911. The molecule has 0 radical (unpaired) electrons. The van der Waals surface area contributed by atoms with E-state index in [0.29, 0.717) is 23.4 Å². The van der Waals surface area contributed by atoms with Crippen molar-refractivity contribution < 1.29 is 9.59 Å². The van der Waals surface area contributed by atoms with E-state index in [4.69, 9.17) is 0 Å². The summed E-state index contributed by atoms with van der Waals surface area (Å²) in [5.74, 6) is -0.129. The van der Waals surface area contributed by atoms with Crippen LogP contribution in [0.3, 0.4) is 0 Å². The predicted molar refractivity (Wildman–Crippen MR) is 94.2 cm³/mol. The molecule has 0 saturated carbocycles. The molecule has 24 heavy (non-hydrogen) atoms. The lowest BCUT2D eigenvalue weighted by atomic mass is 10.1. The molecule has 0 aliphatic carbocycles. The van der Waals surface area contributed by atoms with E-state index >= 15 is 0 Å². The Morgan fingerprint density at radius 2 is 1.75 bits per heavy atom. The summed E-state index contributed by atoms with van der Waals surface area (Å²) >= 11 is 0. The van der Waals surface area contributed by atoms with Crippen LogP contribution in [0.15, 0.2) is 54.6 Å². The van der Waals surface area contributed by atoms with Gasteiger partial charge in [0.05, 0.1) is 0 Å². The summed E-state index contributed by atoms with van der Waals surface area (Å²) in [4.78, 5) is 26.6. The van der Waals surface area contributed by atoms with E-state index in [1.54, 1.807) is 36.4 Å². The number of nitrogens with zero attached hydrogens (tertiary/aromatic N) is 1. The summed E-state index contributed by atoms with van der Waals surface area (Å²) in [7, 11) is 0. The summed E-state index contributed by atoms with van der Waals surface area (Å²) in [6.45, 7) is 4.39. The zero-order valence-electron chi connectivity index (χ0n) is 13.7. The van der Waals surface area contributed by atoms with Gasteiger partial charge in [0.2, 0.25) is 0 Å². The van der Waals surface area contributed by atoms with E-state index in [-0.39, 0.29) is 17.9 Å². The van der Waals surface area contributed by atoms with Crippen molar-refractivity contribution in [2.45, 2.75) is 13.0 Å². The van der Waals surface area contributed by atoms with Gasteiger partial charge in [0, 0.05) is 42.5 Å². The summed E-state index contributed by atoms with van der Waals surface area (Å²) in [6.07, 6.45) is 0. The summed E-state index contributed by atoms with van der Waals surface area (Å²) in [5.41, 5.74) is 1.92. The fraction of sp³-hybridized carbons (Fsp3) is 0.263. The topological polar surface area (TPSA) is 61.4 Å². The van der Waals surface area contributed by atoms with Crippen LogP contribution < -0.4 is 10.6 Å². The number of rotatable bonds is 3.